The Labute approximate surface area is 192 Å². The van der Waals surface area contributed by atoms with Crippen LogP contribution in [0.5, 0.6) is 5.75 Å². The molecule has 0 N–H and O–H groups in total. The van der Waals surface area contributed by atoms with Crippen LogP contribution in [0.2, 0.25) is 0 Å². The van der Waals surface area contributed by atoms with Crippen LogP contribution in [0.3, 0.4) is 0 Å². The number of imide groups is 1. The minimum absolute atomic E-state index is 0.0118. The first-order valence-electron chi connectivity index (χ1n) is 9.83. The second-order valence-corrected chi connectivity index (χ2v) is 7.97. The van der Waals surface area contributed by atoms with E-state index >= 15 is 0 Å². The van der Waals surface area contributed by atoms with E-state index in [0.29, 0.717) is 11.3 Å². The fourth-order valence-electron chi connectivity index (χ4n) is 3.08. The first-order valence-corrected chi connectivity index (χ1v) is 10.6. The number of nitrogens with zero attached hydrogens (tertiary/aromatic N) is 1. The minimum Gasteiger partial charge on any atom is -0.488 e. The molecule has 7 nitrogen and oxygen atoms in total. The fraction of sp³-hybridized carbons (Fsp3) is 0.125. The number of carbonyl (C=O) groups is 3. The molecule has 1 aromatic heterocycles. The van der Waals surface area contributed by atoms with E-state index in [1.165, 1.54) is 31.4 Å². The van der Waals surface area contributed by atoms with Crippen molar-refractivity contribution in [2.75, 3.05) is 7.11 Å². The number of halogens is 1. The number of furan rings is 1. The molecule has 3 aromatic rings. The Morgan fingerprint density at radius 2 is 1.85 bits per heavy atom. The van der Waals surface area contributed by atoms with E-state index in [9.17, 15) is 18.8 Å². The van der Waals surface area contributed by atoms with Gasteiger partial charge in [0.1, 0.15) is 23.9 Å². The van der Waals surface area contributed by atoms with Crippen molar-refractivity contribution in [2.24, 2.45) is 0 Å². The summed E-state index contributed by atoms with van der Waals surface area (Å²) in [4.78, 5) is 38.1. The van der Waals surface area contributed by atoms with E-state index in [-0.39, 0.29) is 35.4 Å². The Morgan fingerprint density at radius 1 is 1.09 bits per heavy atom. The van der Waals surface area contributed by atoms with Crippen LogP contribution in [0.1, 0.15) is 27.4 Å². The van der Waals surface area contributed by atoms with Crippen LogP contribution in [0.15, 0.2) is 70.0 Å². The molecule has 2 aromatic carbocycles. The lowest BCUT2D eigenvalue weighted by molar-refractivity contribution is -0.123. The van der Waals surface area contributed by atoms with Gasteiger partial charge in [-0.15, -0.1) is 0 Å². The Balaban J connectivity index is 1.48. The maximum Gasteiger partial charge on any atom is 0.373 e. The average molecular weight is 467 g/mol. The number of esters is 1. The Kier molecular flexibility index (Phi) is 6.60. The number of methoxy groups -OCH3 is 1. The molecule has 1 aliphatic rings. The zero-order valence-electron chi connectivity index (χ0n) is 17.4. The molecule has 168 valence electrons. The van der Waals surface area contributed by atoms with Gasteiger partial charge in [0.15, 0.2) is 0 Å². The molecule has 9 heteroatoms. The van der Waals surface area contributed by atoms with Gasteiger partial charge in [0.05, 0.1) is 18.6 Å². The third-order valence-electron chi connectivity index (χ3n) is 4.75. The third kappa shape index (κ3) is 5.15. The molecule has 1 aliphatic heterocycles. The molecule has 2 heterocycles. The molecule has 0 aliphatic carbocycles. The topological polar surface area (TPSA) is 86.0 Å². The predicted octanol–water partition coefficient (Wildman–Crippen LogP) is 5.02. The van der Waals surface area contributed by atoms with Crippen LogP contribution in [0.25, 0.3) is 6.08 Å². The minimum atomic E-state index is -0.646. The van der Waals surface area contributed by atoms with Crippen LogP contribution in [-0.4, -0.2) is 29.1 Å². The monoisotopic (exact) mass is 467 g/mol. The van der Waals surface area contributed by atoms with Gasteiger partial charge >= 0.3 is 5.97 Å². The fourth-order valence-corrected chi connectivity index (χ4v) is 3.91. The number of para-hydroxylation sites is 1. The highest BCUT2D eigenvalue weighted by molar-refractivity contribution is 8.18. The molecule has 0 unspecified atom stereocenters. The number of benzene rings is 2. The molecule has 1 saturated heterocycles. The molecule has 33 heavy (non-hydrogen) atoms. The van der Waals surface area contributed by atoms with Crippen LogP contribution >= 0.6 is 11.8 Å². The van der Waals surface area contributed by atoms with Gasteiger partial charge < -0.3 is 13.9 Å². The van der Waals surface area contributed by atoms with Crippen molar-refractivity contribution in [1.82, 2.24) is 4.90 Å². The number of amides is 2. The maximum absolute atomic E-state index is 13.1. The molecule has 1 fully saturated rings. The van der Waals surface area contributed by atoms with Gasteiger partial charge in [0.2, 0.25) is 5.76 Å². The number of hydrogen-bond acceptors (Lipinski definition) is 7. The maximum atomic E-state index is 13.1. The lowest BCUT2D eigenvalue weighted by atomic mass is 10.1. The quantitative estimate of drug-likeness (QED) is 0.356. The number of rotatable bonds is 7. The number of carbonyl (C=O) groups excluding carboxylic acids is 3. The smallest absolute Gasteiger partial charge is 0.373 e. The van der Waals surface area contributed by atoms with Crippen molar-refractivity contribution in [3.05, 3.63) is 94.0 Å². The highest BCUT2D eigenvalue weighted by Gasteiger charge is 2.36. The summed E-state index contributed by atoms with van der Waals surface area (Å²) in [5.41, 5.74) is 1.41. The van der Waals surface area contributed by atoms with E-state index in [0.717, 1.165) is 22.2 Å². The van der Waals surface area contributed by atoms with Crippen molar-refractivity contribution in [1.29, 1.82) is 0 Å². The van der Waals surface area contributed by atoms with Gasteiger partial charge in [-0.25, -0.2) is 9.18 Å². The standard InChI is InChI=1S/C24H18FNO6S/c1-30-23(28)20-11-10-18(32-20)13-26-22(27)21(33-24(26)29)12-16-4-2-3-5-19(16)31-14-15-6-8-17(25)9-7-15/h2-12H,13-14H2,1H3/b21-12+. The zero-order valence-corrected chi connectivity index (χ0v) is 18.3. The van der Waals surface area contributed by atoms with E-state index in [1.807, 2.05) is 0 Å². The lowest BCUT2D eigenvalue weighted by Gasteiger charge is -2.11. The van der Waals surface area contributed by atoms with Gasteiger partial charge in [-0.05, 0) is 53.7 Å². The Hall–Kier alpha value is -3.85. The predicted molar refractivity (Wildman–Crippen MR) is 119 cm³/mol. The Bertz CT molecular complexity index is 1230. The van der Waals surface area contributed by atoms with Gasteiger partial charge in [0, 0.05) is 5.56 Å². The average Bonchev–Trinajstić information content (AvgIpc) is 3.39. The van der Waals surface area contributed by atoms with E-state index in [4.69, 9.17) is 9.15 Å². The van der Waals surface area contributed by atoms with E-state index < -0.39 is 17.1 Å². The van der Waals surface area contributed by atoms with Crippen LogP contribution in [0, 0.1) is 5.82 Å². The SMILES string of the molecule is COC(=O)c1ccc(CN2C(=O)S/C(=C/c3ccccc3OCc3ccc(F)cc3)C2=O)o1. The zero-order chi connectivity index (χ0) is 23.4. The van der Waals surface area contributed by atoms with Crippen LogP contribution in [-0.2, 0) is 22.7 Å². The molecular weight excluding hydrogens is 449 g/mol. The van der Waals surface area contributed by atoms with Crippen molar-refractivity contribution in [3.63, 3.8) is 0 Å². The van der Waals surface area contributed by atoms with E-state index in [2.05, 4.69) is 4.74 Å². The molecule has 4 rings (SSSR count). The number of hydrogen-bond donors (Lipinski definition) is 0. The number of thioether (sulfide) groups is 1. The van der Waals surface area contributed by atoms with Crippen molar-refractivity contribution >= 4 is 35.0 Å². The largest absolute Gasteiger partial charge is 0.488 e. The second kappa shape index (κ2) is 9.74. The van der Waals surface area contributed by atoms with Gasteiger partial charge in [-0.3, -0.25) is 14.5 Å². The highest BCUT2D eigenvalue weighted by atomic mass is 32.2. The van der Waals surface area contributed by atoms with Crippen molar-refractivity contribution < 1.29 is 32.7 Å². The second-order valence-electron chi connectivity index (χ2n) is 6.98. The molecular formula is C24H18FNO6S. The molecule has 0 atom stereocenters. The molecule has 0 spiro atoms. The molecule has 2 amide bonds. The summed E-state index contributed by atoms with van der Waals surface area (Å²) in [7, 11) is 1.23. The van der Waals surface area contributed by atoms with Gasteiger partial charge in [0.25, 0.3) is 11.1 Å². The van der Waals surface area contributed by atoms with Crippen molar-refractivity contribution in [2.45, 2.75) is 13.2 Å². The number of ether oxygens (including phenoxy) is 2. The van der Waals surface area contributed by atoms with Crippen LogP contribution in [0.4, 0.5) is 9.18 Å². The Morgan fingerprint density at radius 3 is 2.61 bits per heavy atom. The molecule has 0 radical (unpaired) electrons. The summed E-state index contributed by atoms with van der Waals surface area (Å²) < 4.78 is 28.9. The lowest BCUT2D eigenvalue weighted by Crippen LogP contribution is -2.27. The van der Waals surface area contributed by atoms with Gasteiger partial charge in [-0.2, -0.15) is 0 Å². The first kappa shape index (κ1) is 22.3. The summed E-state index contributed by atoms with van der Waals surface area (Å²) >= 11 is 0.806. The van der Waals surface area contributed by atoms with E-state index in [1.54, 1.807) is 42.5 Å². The van der Waals surface area contributed by atoms with Crippen molar-refractivity contribution in [3.8, 4) is 5.75 Å². The summed E-state index contributed by atoms with van der Waals surface area (Å²) in [5, 5.41) is -0.452. The van der Waals surface area contributed by atoms with Gasteiger partial charge in [-0.1, -0.05) is 30.3 Å². The van der Waals surface area contributed by atoms with Crippen LogP contribution < -0.4 is 4.74 Å². The highest BCUT2D eigenvalue weighted by Crippen LogP contribution is 2.35. The summed E-state index contributed by atoms with van der Waals surface area (Å²) in [6, 6.07) is 16.0. The third-order valence-corrected chi connectivity index (χ3v) is 5.66. The summed E-state index contributed by atoms with van der Waals surface area (Å²) in [5.74, 6) is -0.667. The first-order chi connectivity index (χ1) is 15.9. The molecule has 0 bridgehead atoms. The molecule has 0 saturated carbocycles. The summed E-state index contributed by atoms with van der Waals surface area (Å²) in [6.07, 6.45) is 1.59. The summed E-state index contributed by atoms with van der Waals surface area (Å²) in [6.45, 7) is 0.106. The normalized spacial score (nSPS) is 14.7.